The number of ether oxygens (including phenoxy) is 1. The molecule has 3 aromatic rings. The Morgan fingerprint density at radius 2 is 1.93 bits per heavy atom. The van der Waals surface area contributed by atoms with Gasteiger partial charge in [0.2, 0.25) is 0 Å². The number of amides is 1. The topological polar surface area (TPSA) is 63.8 Å². The molecule has 0 saturated carbocycles. The molecule has 2 aromatic carbocycles. The van der Waals surface area contributed by atoms with Crippen molar-refractivity contribution in [3.8, 4) is 17.1 Å². The van der Waals surface area contributed by atoms with Crippen LogP contribution in [0.15, 0.2) is 64.1 Å². The number of hydrazone groups is 1. The average molecular weight is 417 g/mol. The highest BCUT2D eigenvalue weighted by Gasteiger charge is 2.09. The minimum Gasteiger partial charge on any atom is -0.494 e. The molecule has 7 heteroatoms. The molecule has 1 amide bonds. The lowest BCUT2D eigenvalue weighted by Gasteiger charge is -2.05. The van der Waals surface area contributed by atoms with E-state index >= 15 is 0 Å². The summed E-state index contributed by atoms with van der Waals surface area (Å²) >= 11 is 12.2. The van der Waals surface area contributed by atoms with Crippen molar-refractivity contribution in [2.75, 3.05) is 6.61 Å². The third kappa shape index (κ3) is 5.15. The quantitative estimate of drug-likeness (QED) is 0.390. The molecule has 0 fully saturated rings. The second-order valence-electron chi connectivity index (χ2n) is 5.90. The standard InChI is InChI=1S/C21H18Cl2N2O3/c1-2-11-27-16-6-3-14(4-7-16)21(26)25-24-13-17-8-10-20(28-17)18-12-15(22)5-9-19(18)23/h3-10,12-13H,2,11H2,1H3,(H,25,26)/b24-13-. The van der Waals surface area contributed by atoms with Crippen molar-refractivity contribution < 1.29 is 13.9 Å². The number of halogens is 2. The van der Waals surface area contributed by atoms with Gasteiger partial charge in [0, 0.05) is 16.1 Å². The van der Waals surface area contributed by atoms with Gasteiger partial charge in [-0.3, -0.25) is 4.79 Å². The van der Waals surface area contributed by atoms with Crippen LogP contribution in [0.5, 0.6) is 5.75 Å². The maximum absolute atomic E-state index is 12.1. The lowest BCUT2D eigenvalue weighted by molar-refractivity contribution is 0.0955. The number of benzene rings is 2. The van der Waals surface area contributed by atoms with Crippen molar-refractivity contribution in [3.05, 3.63) is 76.0 Å². The molecule has 0 atom stereocenters. The van der Waals surface area contributed by atoms with Crippen LogP contribution in [0, 0.1) is 0 Å². The molecule has 0 radical (unpaired) electrons. The van der Waals surface area contributed by atoms with E-state index in [9.17, 15) is 4.79 Å². The fraction of sp³-hybridized carbons (Fsp3) is 0.143. The highest BCUT2D eigenvalue weighted by molar-refractivity contribution is 6.35. The predicted molar refractivity (Wildman–Crippen MR) is 111 cm³/mol. The monoisotopic (exact) mass is 416 g/mol. The Labute approximate surface area is 172 Å². The lowest BCUT2D eigenvalue weighted by atomic mass is 10.2. The van der Waals surface area contributed by atoms with E-state index < -0.39 is 0 Å². The van der Waals surface area contributed by atoms with Gasteiger partial charge in [-0.2, -0.15) is 5.10 Å². The molecular formula is C21H18Cl2N2O3. The van der Waals surface area contributed by atoms with Crippen LogP contribution in [0.25, 0.3) is 11.3 Å². The van der Waals surface area contributed by atoms with Crippen LogP contribution in [-0.4, -0.2) is 18.7 Å². The molecule has 1 heterocycles. The number of hydrogen-bond acceptors (Lipinski definition) is 4. The summed E-state index contributed by atoms with van der Waals surface area (Å²) in [5.74, 6) is 1.42. The van der Waals surface area contributed by atoms with Crippen molar-refractivity contribution in [1.82, 2.24) is 5.43 Å². The molecule has 0 aliphatic rings. The van der Waals surface area contributed by atoms with Gasteiger partial charge in [-0.15, -0.1) is 0 Å². The van der Waals surface area contributed by atoms with E-state index in [0.29, 0.717) is 39.3 Å². The molecule has 28 heavy (non-hydrogen) atoms. The maximum Gasteiger partial charge on any atom is 0.271 e. The number of furan rings is 1. The first-order chi connectivity index (χ1) is 13.6. The van der Waals surface area contributed by atoms with Gasteiger partial charge in [0.15, 0.2) is 0 Å². The molecule has 144 valence electrons. The summed E-state index contributed by atoms with van der Waals surface area (Å²) in [6, 6.07) is 15.5. The zero-order valence-electron chi connectivity index (χ0n) is 15.1. The summed E-state index contributed by atoms with van der Waals surface area (Å²) in [6.07, 6.45) is 2.34. The SMILES string of the molecule is CCCOc1ccc(C(=O)N/N=C\c2ccc(-c3cc(Cl)ccc3Cl)o2)cc1. The van der Waals surface area contributed by atoms with Gasteiger partial charge in [-0.25, -0.2) is 5.43 Å². The third-order valence-corrected chi connectivity index (χ3v) is 4.33. The van der Waals surface area contributed by atoms with Crippen LogP contribution < -0.4 is 10.2 Å². The molecule has 1 aromatic heterocycles. The number of rotatable bonds is 7. The van der Waals surface area contributed by atoms with Crippen LogP contribution in [-0.2, 0) is 0 Å². The highest BCUT2D eigenvalue weighted by Crippen LogP contribution is 2.31. The summed E-state index contributed by atoms with van der Waals surface area (Å²) in [6.45, 7) is 2.67. The van der Waals surface area contributed by atoms with Crippen LogP contribution in [0.4, 0.5) is 0 Å². The van der Waals surface area contributed by atoms with Crippen LogP contribution >= 0.6 is 23.2 Å². The number of carbonyl (C=O) groups excluding carboxylic acids is 1. The normalized spacial score (nSPS) is 11.0. The highest BCUT2D eigenvalue weighted by atomic mass is 35.5. The van der Waals surface area contributed by atoms with Gasteiger partial charge in [0.25, 0.3) is 5.91 Å². The van der Waals surface area contributed by atoms with E-state index in [1.165, 1.54) is 6.21 Å². The molecule has 0 bridgehead atoms. The van der Waals surface area contributed by atoms with E-state index in [1.54, 1.807) is 54.6 Å². The van der Waals surface area contributed by atoms with E-state index in [2.05, 4.69) is 10.5 Å². The molecule has 0 aliphatic carbocycles. The van der Waals surface area contributed by atoms with Gasteiger partial charge < -0.3 is 9.15 Å². The minimum absolute atomic E-state index is 0.331. The van der Waals surface area contributed by atoms with E-state index in [1.807, 2.05) is 6.92 Å². The summed E-state index contributed by atoms with van der Waals surface area (Å²) in [5, 5.41) is 5.02. The first-order valence-electron chi connectivity index (χ1n) is 8.68. The van der Waals surface area contributed by atoms with Crippen molar-refractivity contribution in [2.45, 2.75) is 13.3 Å². The molecular weight excluding hydrogens is 399 g/mol. The number of nitrogens with one attached hydrogen (secondary N) is 1. The molecule has 0 saturated heterocycles. The van der Waals surface area contributed by atoms with Crippen LogP contribution in [0.1, 0.15) is 29.5 Å². The average Bonchev–Trinajstić information content (AvgIpc) is 3.17. The number of hydrogen-bond donors (Lipinski definition) is 1. The molecule has 3 rings (SSSR count). The smallest absolute Gasteiger partial charge is 0.271 e. The molecule has 0 spiro atoms. The second-order valence-corrected chi connectivity index (χ2v) is 6.74. The first kappa shape index (κ1) is 20.0. The Kier molecular flexibility index (Phi) is 6.74. The second kappa shape index (κ2) is 9.44. The Bertz CT molecular complexity index is 982. The van der Waals surface area contributed by atoms with Crippen molar-refractivity contribution in [1.29, 1.82) is 0 Å². The molecule has 0 unspecified atom stereocenters. The number of carbonyl (C=O) groups is 1. The van der Waals surface area contributed by atoms with Crippen molar-refractivity contribution >= 4 is 35.3 Å². The number of nitrogens with zero attached hydrogens (tertiary/aromatic N) is 1. The van der Waals surface area contributed by atoms with Gasteiger partial charge in [0.05, 0.1) is 17.8 Å². The van der Waals surface area contributed by atoms with E-state index in [-0.39, 0.29) is 5.91 Å². The van der Waals surface area contributed by atoms with Gasteiger partial charge in [-0.05, 0) is 61.0 Å². The Hall–Kier alpha value is -2.76. The fourth-order valence-electron chi connectivity index (χ4n) is 2.39. The lowest BCUT2D eigenvalue weighted by Crippen LogP contribution is -2.17. The fourth-order valence-corrected chi connectivity index (χ4v) is 2.78. The summed E-state index contributed by atoms with van der Waals surface area (Å²) in [4.78, 5) is 12.1. The molecule has 0 aliphatic heterocycles. The predicted octanol–water partition coefficient (Wildman–Crippen LogP) is 5.81. The summed E-state index contributed by atoms with van der Waals surface area (Å²) < 4.78 is 11.2. The summed E-state index contributed by atoms with van der Waals surface area (Å²) in [5.41, 5.74) is 3.62. The largest absolute Gasteiger partial charge is 0.494 e. The molecule has 5 nitrogen and oxygen atoms in total. The van der Waals surface area contributed by atoms with Crippen molar-refractivity contribution in [2.24, 2.45) is 5.10 Å². The van der Waals surface area contributed by atoms with E-state index in [0.717, 1.165) is 12.2 Å². The first-order valence-corrected chi connectivity index (χ1v) is 9.44. The van der Waals surface area contributed by atoms with Gasteiger partial charge in [0.1, 0.15) is 17.3 Å². The Morgan fingerprint density at radius 1 is 1.14 bits per heavy atom. The summed E-state index contributed by atoms with van der Waals surface area (Å²) in [7, 11) is 0. The van der Waals surface area contributed by atoms with Gasteiger partial charge >= 0.3 is 0 Å². The van der Waals surface area contributed by atoms with Crippen molar-refractivity contribution in [3.63, 3.8) is 0 Å². The van der Waals surface area contributed by atoms with Crippen LogP contribution in [0.3, 0.4) is 0 Å². The third-order valence-electron chi connectivity index (χ3n) is 3.77. The minimum atomic E-state index is -0.331. The maximum atomic E-state index is 12.1. The molecule has 1 N–H and O–H groups in total. The Morgan fingerprint density at radius 3 is 2.68 bits per heavy atom. The Balaban J connectivity index is 1.61. The zero-order valence-corrected chi connectivity index (χ0v) is 16.6. The van der Waals surface area contributed by atoms with E-state index in [4.69, 9.17) is 32.4 Å². The van der Waals surface area contributed by atoms with Gasteiger partial charge in [-0.1, -0.05) is 30.1 Å². The van der Waals surface area contributed by atoms with Crippen LogP contribution in [0.2, 0.25) is 10.0 Å². The zero-order chi connectivity index (χ0) is 19.9.